The van der Waals surface area contributed by atoms with E-state index in [2.05, 4.69) is 0 Å². The van der Waals surface area contributed by atoms with Crippen LogP contribution in [0.4, 0.5) is 0 Å². The smallest absolute Gasteiger partial charge is 0.330 e. The number of thioether (sulfide) groups is 1. The van der Waals surface area contributed by atoms with Crippen LogP contribution in [0.5, 0.6) is 0 Å². The van der Waals surface area contributed by atoms with E-state index >= 15 is 0 Å². The minimum atomic E-state index is -0.334. The summed E-state index contributed by atoms with van der Waals surface area (Å²) in [6.07, 6.45) is 10.7. The maximum atomic E-state index is 11.0. The van der Waals surface area contributed by atoms with Crippen LogP contribution in [-0.2, 0) is 14.3 Å². The van der Waals surface area contributed by atoms with Crippen LogP contribution in [0, 0.1) is 0 Å². The maximum absolute atomic E-state index is 11.0. The van der Waals surface area contributed by atoms with Crippen LogP contribution in [-0.4, -0.2) is 29.3 Å². The molecule has 0 fully saturated rings. The van der Waals surface area contributed by atoms with E-state index in [1.807, 2.05) is 31.2 Å². The highest BCUT2D eigenvalue weighted by atomic mass is 32.2. The Morgan fingerprint density at radius 1 is 1.28 bits per heavy atom. The first kappa shape index (κ1) is 16.9. The van der Waals surface area contributed by atoms with Crippen LogP contribution in [0.25, 0.3) is 0 Å². The fraction of sp³-hybridized carbons (Fsp3) is 0.385. The first-order valence-corrected chi connectivity index (χ1v) is 7.00. The zero-order chi connectivity index (χ0) is 13.6. The van der Waals surface area contributed by atoms with Crippen molar-refractivity contribution in [2.24, 2.45) is 0 Å². The second-order valence-corrected chi connectivity index (χ2v) is 4.60. The topological polar surface area (TPSA) is 35.5 Å². The van der Waals surface area contributed by atoms with Gasteiger partial charge in [-0.3, -0.25) is 0 Å². The Hall–Kier alpha value is -1.07. The lowest BCUT2D eigenvalue weighted by atomic mass is 10.4. The number of rotatable bonds is 7. The standard InChI is InChI=1S/C13H18O3S2/c1-3-5-6-7-10-16-13(17)18-11-8-9-12(14)15-4-2/h3,5-9H,4,10-11H2,1-2H3/b5-3+,7-6+,9-8+. The Bertz CT molecular complexity index is 333. The van der Waals surface area contributed by atoms with Gasteiger partial charge in [-0.1, -0.05) is 36.1 Å². The third-order valence-corrected chi connectivity index (χ3v) is 2.76. The summed E-state index contributed by atoms with van der Waals surface area (Å²) in [5.41, 5.74) is 0. The van der Waals surface area contributed by atoms with E-state index in [4.69, 9.17) is 21.7 Å². The normalized spacial score (nSPS) is 11.4. The summed E-state index contributed by atoms with van der Waals surface area (Å²) in [5, 5.41) is 0. The Balaban J connectivity index is 3.62. The van der Waals surface area contributed by atoms with Crippen molar-refractivity contribution in [1.82, 2.24) is 0 Å². The van der Waals surface area contributed by atoms with Gasteiger partial charge < -0.3 is 9.47 Å². The SMILES string of the molecule is C/C=C/C=C/COC(=S)SC/C=C/C(=O)OCC. The fourth-order valence-electron chi connectivity index (χ4n) is 0.854. The van der Waals surface area contributed by atoms with E-state index in [0.717, 1.165) is 0 Å². The van der Waals surface area contributed by atoms with E-state index in [9.17, 15) is 4.79 Å². The molecule has 0 aromatic heterocycles. The zero-order valence-corrected chi connectivity index (χ0v) is 12.3. The molecular formula is C13H18O3S2. The van der Waals surface area contributed by atoms with E-state index in [1.54, 1.807) is 13.0 Å². The van der Waals surface area contributed by atoms with Crippen molar-refractivity contribution in [1.29, 1.82) is 0 Å². The molecular weight excluding hydrogens is 268 g/mol. The Kier molecular flexibility index (Phi) is 11.7. The summed E-state index contributed by atoms with van der Waals surface area (Å²) < 4.78 is 10.5. The van der Waals surface area contributed by atoms with Gasteiger partial charge in [0, 0.05) is 11.8 Å². The van der Waals surface area contributed by atoms with Gasteiger partial charge in [-0.15, -0.1) is 0 Å². The van der Waals surface area contributed by atoms with Crippen LogP contribution in [0.15, 0.2) is 36.5 Å². The van der Waals surface area contributed by atoms with Crippen LogP contribution in [0.3, 0.4) is 0 Å². The quantitative estimate of drug-likeness (QED) is 0.311. The first-order chi connectivity index (χ1) is 8.70. The van der Waals surface area contributed by atoms with Crippen molar-refractivity contribution in [3.05, 3.63) is 36.5 Å². The minimum absolute atomic E-state index is 0.334. The lowest BCUT2D eigenvalue weighted by Crippen LogP contribution is -2.00. The number of thiocarbonyl (C=S) groups is 1. The average Bonchev–Trinajstić information content (AvgIpc) is 2.35. The highest BCUT2D eigenvalue weighted by Gasteiger charge is 1.96. The van der Waals surface area contributed by atoms with Gasteiger partial charge in [-0.25, -0.2) is 4.79 Å². The number of hydrogen-bond donors (Lipinski definition) is 0. The molecule has 0 radical (unpaired) electrons. The number of carbonyl (C=O) groups is 1. The molecule has 0 atom stereocenters. The first-order valence-electron chi connectivity index (χ1n) is 5.61. The highest BCUT2D eigenvalue weighted by Crippen LogP contribution is 2.06. The summed E-state index contributed by atoms with van der Waals surface area (Å²) in [6.45, 7) is 4.56. The van der Waals surface area contributed by atoms with E-state index in [-0.39, 0.29) is 5.97 Å². The maximum Gasteiger partial charge on any atom is 0.330 e. The van der Waals surface area contributed by atoms with Gasteiger partial charge in [0.2, 0.25) is 4.38 Å². The van der Waals surface area contributed by atoms with Crippen molar-refractivity contribution >= 4 is 34.3 Å². The van der Waals surface area contributed by atoms with Gasteiger partial charge >= 0.3 is 5.97 Å². The lowest BCUT2D eigenvalue weighted by Gasteiger charge is -2.01. The molecule has 0 N–H and O–H groups in total. The number of allylic oxidation sites excluding steroid dienone is 3. The molecule has 5 heteroatoms. The van der Waals surface area contributed by atoms with Crippen molar-refractivity contribution < 1.29 is 14.3 Å². The van der Waals surface area contributed by atoms with Gasteiger partial charge in [0.1, 0.15) is 6.61 Å². The van der Waals surface area contributed by atoms with Crippen molar-refractivity contribution in [2.75, 3.05) is 19.0 Å². The summed E-state index contributed by atoms with van der Waals surface area (Å²) >= 11 is 6.36. The second-order valence-electron chi connectivity index (χ2n) is 2.98. The van der Waals surface area contributed by atoms with Crippen LogP contribution >= 0.6 is 24.0 Å². The molecule has 0 aliphatic rings. The predicted molar refractivity (Wildman–Crippen MR) is 80.7 cm³/mol. The monoisotopic (exact) mass is 286 g/mol. The summed E-state index contributed by atoms with van der Waals surface area (Å²) in [7, 11) is 0. The Morgan fingerprint density at radius 3 is 2.72 bits per heavy atom. The minimum Gasteiger partial charge on any atom is -0.474 e. The van der Waals surface area contributed by atoms with Crippen molar-refractivity contribution in [3.8, 4) is 0 Å². The molecule has 0 saturated heterocycles. The molecule has 0 amide bonds. The lowest BCUT2D eigenvalue weighted by molar-refractivity contribution is -0.137. The molecule has 0 aromatic rings. The fourth-order valence-corrected chi connectivity index (χ4v) is 1.61. The largest absolute Gasteiger partial charge is 0.474 e. The summed E-state index contributed by atoms with van der Waals surface area (Å²) in [5.74, 6) is 0.259. The Morgan fingerprint density at radius 2 is 2.06 bits per heavy atom. The van der Waals surface area contributed by atoms with E-state index < -0.39 is 0 Å². The number of carbonyl (C=O) groups excluding carboxylic acids is 1. The van der Waals surface area contributed by atoms with E-state index in [1.165, 1.54) is 17.8 Å². The van der Waals surface area contributed by atoms with Gasteiger partial charge in [0.15, 0.2) is 0 Å². The molecule has 0 unspecified atom stereocenters. The molecule has 18 heavy (non-hydrogen) atoms. The average molecular weight is 286 g/mol. The second kappa shape index (κ2) is 12.4. The third-order valence-electron chi connectivity index (χ3n) is 1.57. The highest BCUT2D eigenvalue weighted by molar-refractivity contribution is 8.22. The third kappa shape index (κ3) is 11.4. The van der Waals surface area contributed by atoms with Gasteiger partial charge in [-0.05, 0) is 32.1 Å². The molecule has 0 rings (SSSR count). The van der Waals surface area contributed by atoms with Gasteiger partial charge in [0.25, 0.3) is 0 Å². The molecule has 0 aliphatic heterocycles. The summed E-state index contributed by atoms with van der Waals surface area (Å²) in [6, 6.07) is 0. The molecule has 0 heterocycles. The van der Waals surface area contributed by atoms with E-state index in [0.29, 0.717) is 23.3 Å². The molecule has 0 spiro atoms. The molecule has 100 valence electrons. The van der Waals surface area contributed by atoms with Crippen LogP contribution in [0.2, 0.25) is 0 Å². The van der Waals surface area contributed by atoms with Crippen LogP contribution in [0.1, 0.15) is 13.8 Å². The molecule has 0 saturated carbocycles. The molecule has 0 bridgehead atoms. The van der Waals surface area contributed by atoms with Crippen LogP contribution < -0.4 is 0 Å². The van der Waals surface area contributed by atoms with Crippen molar-refractivity contribution in [3.63, 3.8) is 0 Å². The Labute approximate surface area is 118 Å². The van der Waals surface area contributed by atoms with Crippen molar-refractivity contribution in [2.45, 2.75) is 13.8 Å². The zero-order valence-electron chi connectivity index (χ0n) is 10.6. The number of ether oxygens (including phenoxy) is 2. The predicted octanol–water partition coefficient (Wildman–Crippen LogP) is 3.27. The number of esters is 1. The molecule has 0 aromatic carbocycles. The molecule has 0 aliphatic carbocycles. The molecule has 3 nitrogen and oxygen atoms in total. The van der Waals surface area contributed by atoms with Gasteiger partial charge in [-0.2, -0.15) is 0 Å². The van der Waals surface area contributed by atoms with Gasteiger partial charge in [0.05, 0.1) is 6.61 Å². The number of hydrogen-bond acceptors (Lipinski definition) is 5. The summed E-state index contributed by atoms with van der Waals surface area (Å²) in [4.78, 5) is 11.0.